The number of aromatic amines is 1. The third-order valence-corrected chi connectivity index (χ3v) is 4.04. The van der Waals surface area contributed by atoms with Crippen molar-refractivity contribution in [1.82, 2.24) is 14.9 Å². The Morgan fingerprint density at radius 2 is 2.18 bits per heavy atom. The average Bonchev–Trinajstić information content (AvgIpc) is 3.00. The van der Waals surface area contributed by atoms with Crippen molar-refractivity contribution in [3.05, 3.63) is 53.1 Å². The summed E-state index contributed by atoms with van der Waals surface area (Å²) >= 11 is 0. The summed E-state index contributed by atoms with van der Waals surface area (Å²) in [6.07, 6.45) is 2.75. The number of benzene rings is 1. The van der Waals surface area contributed by atoms with E-state index < -0.39 is 0 Å². The monoisotopic (exact) mass is 299 g/mol. The maximum absolute atomic E-state index is 12.8. The molecule has 5 nitrogen and oxygen atoms in total. The molecular formula is C17H21N3O2. The fraction of sp³-hybridized carbons (Fsp3) is 0.412. The molecule has 1 aromatic heterocycles. The van der Waals surface area contributed by atoms with E-state index in [9.17, 15) is 4.79 Å². The lowest BCUT2D eigenvalue weighted by Crippen LogP contribution is -2.43. The van der Waals surface area contributed by atoms with Crippen LogP contribution < -0.4 is 0 Å². The Morgan fingerprint density at radius 1 is 1.41 bits per heavy atom. The molecule has 0 unspecified atom stereocenters. The van der Waals surface area contributed by atoms with Crippen LogP contribution in [0.3, 0.4) is 0 Å². The summed E-state index contributed by atoms with van der Waals surface area (Å²) in [6, 6.07) is 7.68. The highest BCUT2D eigenvalue weighted by atomic mass is 16.5. The number of rotatable bonds is 3. The van der Waals surface area contributed by atoms with Crippen molar-refractivity contribution in [3.8, 4) is 0 Å². The number of aromatic nitrogens is 2. The van der Waals surface area contributed by atoms with Crippen molar-refractivity contribution in [3.63, 3.8) is 0 Å². The maximum atomic E-state index is 12.8. The van der Waals surface area contributed by atoms with Gasteiger partial charge in [0.2, 0.25) is 0 Å². The van der Waals surface area contributed by atoms with E-state index in [1.54, 1.807) is 6.20 Å². The molecule has 1 fully saturated rings. The number of ether oxygens (including phenoxy) is 1. The molecular weight excluding hydrogens is 278 g/mol. The van der Waals surface area contributed by atoms with Gasteiger partial charge in [-0.15, -0.1) is 0 Å². The molecule has 22 heavy (non-hydrogen) atoms. The SMILES string of the molecule is CCc1ccc(C(=O)N2CCOC[C@@H]2c2ncc(C)[nH]2)cc1. The molecule has 1 N–H and O–H groups in total. The first-order chi connectivity index (χ1) is 10.7. The molecule has 2 aromatic rings. The van der Waals surface area contributed by atoms with Gasteiger partial charge < -0.3 is 14.6 Å². The molecule has 3 rings (SSSR count). The van der Waals surface area contributed by atoms with Crippen LogP contribution in [0.15, 0.2) is 30.5 Å². The van der Waals surface area contributed by atoms with Gasteiger partial charge in [-0.2, -0.15) is 0 Å². The van der Waals surface area contributed by atoms with Gasteiger partial charge in [-0.25, -0.2) is 4.98 Å². The lowest BCUT2D eigenvalue weighted by atomic mass is 10.1. The topological polar surface area (TPSA) is 58.2 Å². The molecule has 0 radical (unpaired) electrons. The van der Waals surface area contributed by atoms with Gasteiger partial charge in [-0.3, -0.25) is 4.79 Å². The minimum atomic E-state index is -0.152. The number of morpholine rings is 1. The van der Waals surface area contributed by atoms with E-state index in [2.05, 4.69) is 16.9 Å². The van der Waals surface area contributed by atoms with Crippen LogP contribution in [-0.2, 0) is 11.2 Å². The molecule has 1 saturated heterocycles. The van der Waals surface area contributed by atoms with Crippen LogP contribution in [0.1, 0.15) is 40.4 Å². The first-order valence-corrected chi connectivity index (χ1v) is 7.68. The van der Waals surface area contributed by atoms with E-state index in [0.717, 1.165) is 17.9 Å². The quantitative estimate of drug-likeness (QED) is 0.947. The molecule has 5 heteroatoms. The standard InChI is InChI=1S/C17H21N3O2/c1-3-13-4-6-14(7-5-13)17(21)20-8-9-22-11-15(20)16-18-10-12(2)19-16/h4-7,10,15H,3,8-9,11H2,1-2H3,(H,18,19)/t15-/m1/s1. The summed E-state index contributed by atoms with van der Waals surface area (Å²) in [4.78, 5) is 22.2. The Bertz CT molecular complexity index is 648. The van der Waals surface area contributed by atoms with Gasteiger partial charge in [0.1, 0.15) is 11.9 Å². The first-order valence-electron chi connectivity index (χ1n) is 7.68. The van der Waals surface area contributed by atoms with Gasteiger partial charge >= 0.3 is 0 Å². The second-order valence-electron chi connectivity index (χ2n) is 5.59. The highest BCUT2D eigenvalue weighted by molar-refractivity contribution is 5.94. The van der Waals surface area contributed by atoms with Gasteiger partial charge in [0.25, 0.3) is 5.91 Å². The Kier molecular flexibility index (Phi) is 4.24. The largest absolute Gasteiger partial charge is 0.377 e. The fourth-order valence-electron chi connectivity index (χ4n) is 2.72. The van der Waals surface area contributed by atoms with Gasteiger partial charge in [-0.1, -0.05) is 19.1 Å². The number of imidazole rings is 1. The van der Waals surface area contributed by atoms with Crippen LogP contribution in [0.25, 0.3) is 0 Å². The Labute approximate surface area is 130 Å². The van der Waals surface area contributed by atoms with E-state index in [0.29, 0.717) is 25.3 Å². The number of carbonyl (C=O) groups is 1. The molecule has 0 spiro atoms. The highest BCUT2D eigenvalue weighted by Gasteiger charge is 2.31. The molecule has 0 bridgehead atoms. The summed E-state index contributed by atoms with van der Waals surface area (Å²) in [5, 5.41) is 0. The van der Waals surface area contributed by atoms with Crippen LogP contribution >= 0.6 is 0 Å². The van der Waals surface area contributed by atoms with Crippen LogP contribution in [0.5, 0.6) is 0 Å². The Balaban J connectivity index is 1.84. The van der Waals surface area contributed by atoms with Gasteiger partial charge in [0, 0.05) is 24.0 Å². The number of nitrogens with one attached hydrogen (secondary N) is 1. The average molecular weight is 299 g/mol. The smallest absolute Gasteiger partial charge is 0.254 e. The third kappa shape index (κ3) is 2.90. The van der Waals surface area contributed by atoms with Crippen LogP contribution in [0.4, 0.5) is 0 Å². The minimum Gasteiger partial charge on any atom is -0.377 e. The predicted octanol–water partition coefficient (Wildman–Crippen LogP) is 2.49. The minimum absolute atomic E-state index is 0.0324. The lowest BCUT2D eigenvalue weighted by molar-refractivity contribution is -0.00501. The van der Waals surface area contributed by atoms with Crippen molar-refractivity contribution in [2.75, 3.05) is 19.8 Å². The summed E-state index contributed by atoms with van der Waals surface area (Å²) in [6.45, 7) is 5.68. The zero-order valence-corrected chi connectivity index (χ0v) is 13.0. The third-order valence-electron chi connectivity index (χ3n) is 4.04. The molecule has 0 aliphatic carbocycles. The highest BCUT2D eigenvalue weighted by Crippen LogP contribution is 2.24. The number of carbonyl (C=O) groups excluding carboxylic acids is 1. The van der Waals surface area contributed by atoms with Crippen molar-refractivity contribution in [2.45, 2.75) is 26.3 Å². The van der Waals surface area contributed by atoms with Crippen LogP contribution in [0.2, 0.25) is 0 Å². The normalized spacial score (nSPS) is 18.5. The van der Waals surface area contributed by atoms with E-state index in [1.165, 1.54) is 5.56 Å². The second-order valence-corrected chi connectivity index (χ2v) is 5.59. The molecule has 1 amide bonds. The fourth-order valence-corrected chi connectivity index (χ4v) is 2.72. The first kappa shape index (κ1) is 14.8. The lowest BCUT2D eigenvalue weighted by Gasteiger charge is -2.34. The zero-order valence-electron chi connectivity index (χ0n) is 13.0. The molecule has 1 aromatic carbocycles. The molecule has 2 heterocycles. The number of aryl methyl sites for hydroxylation is 2. The van der Waals surface area contributed by atoms with Crippen molar-refractivity contribution >= 4 is 5.91 Å². The molecule has 1 aliphatic rings. The van der Waals surface area contributed by atoms with Crippen molar-refractivity contribution < 1.29 is 9.53 Å². The molecule has 1 aliphatic heterocycles. The Hall–Kier alpha value is -2.14. The van der Waals surface area contributed by atoms with Crippen molar-refractivity contribution in [1.29, 1.82) is 0 Å². The predicted molar refractivity (Wildman–Crippen MR) is 83.7 cm³/mol. The van der Waals surface area contributed by atoms with Gasteiger partial charge in [0.05, 0.1) is 13.2 Å². The Morgan fingerprint density at radius 3 is 2.82 bits per heavy atom. The number of amides is 1. The van der Waals surface area contributed by atoms with E-state index >= 15 is 0 Å². The van der Waals surface area contributed by atoms with E-state index in [4.69, 9.17) is 4.74 Å². The number of nitrogens with zero attached hydrogens (tertiary/aromatic N) is 2. The zero-order chi connectivity index (χ0) is 15.5. The van der Waals surface area contributed by atoms with Crippen LogP contribution in [-0.4, -0.2) is 40.5 Å². The van der Waals surface area contributed by atoms with Gasteiger partial charge in [-0.05, 0) is 31.0 Å². The van der Waals surface area contributed by atoms with E-state index in [1.807, 2.05) is 36.1 Å². The summed E-state index contributed by atoms with van der Waals surface area (Å²) in [7, 11) is 0. The maximum Gasteiger partial charge on any atom is 0.254 e. The number of hydrogen-bond donors (Lipinski definition) is 1. The van der Waals surface area contributed by atoms with Crippen molar-refractivity contribution in [2.24, 2.45) is 0 Å². The summed E-state index contributed by atoms with van der Waals surface area (Å²) < 4.78 is 5.54. The van der Waals surface area contributed by atoms with E-state index in [-0.39, 0.29) is 11.9 Å². The van der Waals surface area contributed by atoms with Gasteiger partial charge in [0.15, 0.2) is 0 Å². The number of hydrogen-bond acceptors (Lipinski definition) is 3. The molecule has 116 valence electrons. The second kappa shape index (κ2) is 6.32. The summed E-state index contributed by atoms with van der Waals surface area (Å²) in [5.74, 6) is 0.820. The molecule has 0 saturated carbocycles. The van der Waals surface area contributed by atoms with Crippen LogP contribution in [0, 0.1) is 6.92 Å². The summed E-state index contributed by atoms with van der Waals surface area (Å²) in [5.41, 5.74) is 2.93. The molecule has 1 atom stereocenters. The number of H-pyrrole nitrogens is 1.